The van der Waals surface area contributed by atoms with Crippen molar-refractivity contribution in [3.8, 4) is 0 Å². The lowest BCUT2D eigenvalue weighted by Crippen LogP contribution is -2.26. The molecule has 0 N–H and O–H groups in total. The number of hydrogen-bond acceptors (Lipinski definition) is 1. The number of rotatable bonds is 2. The van der Waals surface area contributed by atoms with Crippen LogP contribution in [-0.2, 0) is 4.74 Å². The van der Waals surface area contributed by atoms with E-state index in [4.69, 9.17) is 4.74 Å². The summed E-state index contributed by atoms with van der Waals surface area (Å²) in [5, 5.41) is 0. The van der Waals surface area contributed by atoms with Gasteiger partial charge in [0, 0.05) is 6.61 Å². The zero-order valence-electron chi connectivity index (χ0n) is 6.68. The van der Waals surface area contributed by atoms with Gasteiger partial charge < -0.3 is 4.74 Å². The fourth-order valence-electron chi connectivity index (χ4n) is 1.45. The Kier molecular flexibility index (Phi) is 2.94. The van der Waals surface area contributed by atoms with Crippen molar-refractivity contribution >= 4 is 0 Å². The van der Waals surface area contributed by atoms with Crippen LogP contribution in [0.5, 0.6) is 0 Å². The molecule has 1 heterocycles. The maximum atomic E-state index is 5.56. The Labute approximate surface area is 63.1 Å². The van der Waals surface area contributed by atoms with Crippen LogP contribution in [-0.4, -0.2) is 12.7 Å². The molecule has 1 rings (SSSR count). The Morgan fingerprint density at radius 3 is 3.10 bits per heavy atom. The van der Waals surface area contributed by atoms with Crippen LogP contribution < -0.4 is 0 Å². The topological polar surface area (TPSA) is 9.23 Å². The van der Waals surface area contributed by atoms with Crippen LogP contribution in [0.1, 0.15) is 26.2 Å². The minimum Gasteiger partial charge on any atom is -0.378 e. The van der Waals surface area contributed by atoms with Crippen molar-refractivity contribution in [2.45, 2.75) is 32.3 Å². The summed E-state index contributed by atoms with van der Waals surface area (Å²) < 4.78 is 5.56. The van der Waals surface area contributed by atoms with Gasteiger partial charge in [-0.05, 0) is 25.2 Å². The second kappa shape index (κ2) is 3.77. The van der Waals surface area contributed by atoms with Crippen molar-refractivity contribution in [2.75, 3.05) is 6.61 Å². The smallest absolute Gasteiger partial charge is 0.0634 e. The summed E-state index contributed by atoms with van der Waals surface area (Å²) in [6.07, 6.45) is 5.97. The summed E-state index contributed by atoms with van der Waals surface area (Å²) >= 11 is 0. The first-order chi connectivity index (χ1) is 4.84. The van der Waals surface area contributed by atoms with Gasteiger partial charge in [-0.2, -0.15) is 0 Å². The molecule has 1 aliphatic heterocycles. The van der Waals surface area contributed by atoms with Gasteiger partial charge in [-0.3, -0.25) is 0 Å². The standard InChI is InChI=1S/C9H16O/c1-3-5-9-8(2)6-4-7-10-9/h3,8-9H,1,4-7H2,2H3/t8-,9-/m1/s1. The highest BCUT2D eigenvalue weighted by Gasteiger charge is 2.19. The maximum absolute atomic E-state index is 5.56. The molecule has 0 aromatic carbocycles. The van der Waals surface area contributed by atoms with E-state index in [0.29, 0.717) is 6.10 Å². The van der Waals surface area contributed by atoms with E-state index in [1.165, 1.54) is 12.8 Å². The van der Waals surface area contributed by atoms with Crippen molar-refractivity contribution in [3.63, 3.8) is 0 Å². The quantitative estimate of drug-likeness (QED) is 0.535. The van der Waals surface area contributed by atoms with Crippen LogP contribution in [0.4, 0.5) is 0 Å². The van der Waals surface area contributed by atoms with Crippen molar-refractivity contribution in [3.05, 3.63) is 12.7 Å². The second-order valence-electron chi connectivity index (χ2n) is 3.05. The lowest BCUT2D eigenvalue weighted by Gasteiger charge is -2.28. The predicted octanol–water partition coefficient (Wildman–Crippen LogP) is 2.38. The Hall–Kier alpha value is -0.300. The average molecular weight is 140 g/mol. The lowest BCUT2D eigenvalue weighted by molar-refractivity contribution is -0.0177. The Bertz CT molecular complexity index is 109. The molecule has 10 heavy (non-hydrogen) atoms. The van der Waals surface area contributed by atoms with Gasteiger partial charge in [0.1, 0.15) is 0 Å². The van der Waals surface area contributed by atoms with E-state index >= 15 is 0 Å². The fraction of sp³-hybridized carbons (Fsp3) is 0.778. The number of ether oxygens (including phenoxy) is 1. The monoisotopic (exact) mass is 140 g/mol. The Balaban J connectivity index is 2.32. The van der Waals surface area contributed by atoms with Crippen LogP contribution >= 0.6 is 0 Å². The first-order valence-electron chi connectivity index (χ1n) is 4.07. The minimum absolute atomic E-state index is 0.450. The molecule has 0 aliphatic carbocycles. The third-order valence-corrected chi connectivity index (χ3v) is 2.17. The first-order valence-corrected chi connectivity index (χ1v) is 4.07. The second-order valence-corrected chi connectivity index (χ2v) is 3.05. The summed E-state index contributed by atoms with van der Waals surface area (Å²) in [6.45, 7) is 6.91. The summed E-state index contributed by atoms with van der Waals surface area (Å²) in [6, 6.07) is 0. The molecule has 0 unspecified atom stereocenters. The van der Waals surface area contributed by atoms with Crippen molar-refractivity contribution in [2.24, 2.45) is 5.92 Å². The van der Waals surface area contributed by atoms with Gasteiger partial charge in [0.2, 0.25) is 0 Å². The average Bonchev–Trinajstić information content (AvgIpc) is 1.94. The maximum Gasteiger partial charge on any atom is 0.0634 e. The van der Waals surface area contributed by atoms with Crippen molar-refractivity contribution in [1.82, 2.24) is 0 Å². The molecule has 0 aromatic heterocycles. The van der Waals surface area contributed by atoms with Gasteiger partial charge in [-0.15, -0.1) is 6.58 Å². The van der Waals surface area contributed by atoms with E-state index in [1.807, 2.05) is 6.08 Å². The van der Waals surface area contributed by atoms with E-state index in [1.54, 1.807) is 0 Å². The van der Waals surface area contributed by atoms with Crippen LogP contribution in [0, 0.1) is 5.92 Å². The molecule has 0 bridgehead atoms. The zero-order valence-corrected chi connectivity index (χ0v) is 6.68. The lowest BCUT2D eigenvalue weighted by atomic mass is 9.94. The molecule has 1 nitrogen and oxygen atoms in total. The molecule has 0 radical (unpaired) electrons. The molecule has 1 fully saturated rings. The van der Waals surface area contributed by atoms with Gasteiger partial charge >= 0.3 is 0 Å². The van der Waals surface area contributed by atoms with E-state index in [0.717, 1.165) is 18.9 Å². The fourth-order valence-corrected chi connectivity index (χ4v) is 1.45. The summed E-state index contributed by atoms with van der Waals surface area (Å²) in [5.74, 6) is 0.728. The molecule has 2 atom stereocenters. The zero-order chi connectivity index (χ0) is 7.40. The van der Waals surface area contributed by atoms with E-state index in [9.17, 15) is 0 Å². The van der Waals surface area contributed by atoms with Crippen molar-refractivity contribution < 1.29 is 4.74 Å². The highest BCUT2D eigenvalue weighted by atomic mass is 16.5. The van der Waals surface area contributed by atoms with Gasteiger partial charge in [0.15, 0.2) is 0 Å². The molecule has 1 saturated heterocycles. The van der Waals surface area contributed by atoms with E-state index < -0.39 is 0 Å². The van der Waals surface area contributed by atoms with Gasteiger partial charge in [0.05, 0.1) is 6.10 Å². The highest BCUT2D eigenvalue weighted by Crippen LogP contribution is 2.22. The van der Waals surface area contributed by atoms with Gasteiger partial charge in [-0.1, -0.05) is 13.0 Å². The predicted molar refractivity (Wildman–Crippen MR) is 43.0 cm³/mol. The van der Waals surface area contributed by atoms with Crippen LogP contribution in [0.3, 0.4) is 0 Å². The van der Waals surface area contributed by atoms with E-state index in [2.05, 4.69) is 13.5 Å². The Morgan fingerprint density at radius 1 is 1.70 bits per heavy atom. The molecule has 0 aromatic rings. The number of hydrogen-bond donors (Lipinski definition) is 0. The first kappa shape index (κ1) is 7.80. The SMILES string of the molecule is C=CC[C@H]1OCCC[C@H]1C. The molecule has 0 saturated carbocycles. The van der Waals surface area contributed by atoms with Gasteiger partial charge in [-0.25, -0.2) is 0 Å². The molecular weight excluding hydrogens is 124 g/mol. The highest BCUT2D eigenvalue weighted by molar-refractivity contribution is 4.79. The third-order valence-electron chi connectivity index (χ3n) is 2.17. The molecule has 0 amide bonds. The summed E-state index contributed by atoms with van der Waals surface area (Å²) in [7, 11) is 0. The molecule has 1 aliphatic rings. The van der Waals surface area contributed by atoms with Crippen molar-refractivity contribution in [1.29, 1.82) is 0 Å². The Morgan fingerprint density at radius 2 is 2.50 bits per heavy atom. The molecule has 58 valence electrons. The molecule has 0 spiro atoms. The largest absolute Gasteiger partial charge is 0.378 e. The van der Waals surface area contributed by atoms with Gasteiger partial charge in [0.25, 0.3) is 0 Å². The normalized spacial score (nSPS) is 33.7. The summed E-state index contributed by atoms with van der Waals surface area (Å²) in [5.41, 5.74) is 0. The minimum atomic E-state index is 0.450. The summed E-state index contributed by atoms with van der Waals surface area (Å²) in [4.78, 5) is 0. The van der Waals surface area contributed by atoms with Crippen LogP contribution in [0.15, 0.2) is 12.7 Å². The van der Waals surface area contributed by atoms with E-state index in [-0.39, 0.29) is 0 Å². The molecular formula is C9H16O. The van der Waals surface area contributed by atoms with Crippen LogP contribution in [0.25, 0.3) is 0 Å². The molecule has 1 heteroatoms. The van der Waals surface area contributed by atoms with Crippen LogP contribution in [0.2, 0.25) is 0 Å². The third kappa shape index (κ3) is 1.84.